The molecule has 1 amide bonds. The smallest absolute Gasteiger partial charge is 0.264 e. The minimum absolute atomic E-state index is 0.106. The van der Waals surface area contributed by atoms with E-state index in [2.05, 4.69) is 25.7 Å². The largest absolute Gasteiger partial charge is 0.335 e. The molecule has 1 fully saturated rings. The zero-order valence-corrected chi connectivity index (χ0v) is 14.9. The van der Waals surface area contributed by atoms with Crippen molar-refractivity contribution in [3.63, 3.8) is 0 Å². The molecule has 22 heavy (non-hydrogen) atoms. The SMILES string of the molecule is CC(C)C=C(C#N)C(=O)N1CCN(CCCC(C)(C)C)CC1. The highest BCUT2D eigenvalue weighted by atomic mass is 16.2. The summed E-state index contributed by atoms with van der Waals surface area (Å²) >= 11 is 0. The van der Waals surface area contributed by atoms with Crippen LogP contribution in [0.1, 0.15) is 47.5 Å². The monoisotopic (exact) mass is 305 g/mol. The number of nitriles is 1. The zero-order valence-electron chi connectivity index (χ0n) is 14.9. The van der Waals surface area contributed by atoms with Gasteiger partial charge in [-0.05, 0) is 30.7 Å². The van der Waals surface area contributed by atoms with E-state index >= 15 is 0 Å². The number of nitrogens with zero attached hydrogens (tertiary/aromatic N) is 3. The Morgan fingerprint density at radius 3 is 2.27 bits per heavy atom. The lowest BCUT2D eigenvalue weighted by atomic mass is 9.90. The van der Waals surface area contributed by atoms with Crippen LogP contribution >= 0.6 is 0 Å². The van der Waals surface area contributed by atoms with Crippen LogP contribution in [0.15, 0.2) is 11.6 Å². The minimum atomic E-state index is -0.106. The average molecular weight is 305 g/mol. The van der Waals surface area contributed by atoms with Crippen molar-refractivity contribution < 1.29 is 4.79 Å². The van der Waals surface area contributed by atoms with Crippen LogP contribution in [0.25, 0.3) is 0 Å². The van der Waals surface area contributed by atoms with E-state index in [1.165, 1.54) is 12.8 Å². The van der Waals surface area contributed by atoms with E-state index in [1.807, 2.05) is 24.8 Å². The lowest BCUT2D eigenvalue weighted by Gasteiger charge is -2.35. The second-order valence-corrected chi connectivity index (χ2v) is 7.73. The molecule has 0 aliphatic carbocycles. The van der Waals surface area contributed by atoms with Gasteiger partial charge in [0, 0.05) is 26.2 Å². The van der Waals surface area contributed by atoms with Crippen molar-refractivity contribution in [3.05, 3.63) is 11.6 Å². The Kier molecular flexibility index (Phi) is 7.09. The van der Waals surface area contributed by atoms with Gasteiger partial charge in [-0.2, -0.15) is 5.26 Å². The summed E-state index contributed by atoms with van der Waals surface area (Å²) in [7, 11) is 0. The van der Waals surface area contributed by atoms with Crippen molar-refractivity contribution in [1.29, 1.82) is 5.26 Å². The Morgan fingerprint density at radius 1 is 1.23 bits per heavy atom. The molecular formula is C18H31N3O. The van der Waals surface area contributed by atoms with Gasteiger partial charge in [-0.25, -0.2) is 0 Å². The molecule has 0 aromatic heterocycles. The van der Waals surface area contributed by atoms with E-state index in [0.29, 0.717) is 5.41 Å². The highest BCUT2D eigenvalue weighted by molar-refractivity contribution is 5.97. The number of hydrogen-bond donors (Lipinski definition) is 0. The van der Waals surface area contributed by atoms with Gasteiger partial charge in [0.1, 0.15) is 11.6 Å². The Hall–Kier alpha value is -1.34. The van der Waals surface area contributed by atoms with E-state index in [1.54, 1.807) is 6.08 Å². The summed E-state index contributed by atoms with van der Waals surface area (Å²) in [6, 6.07) is 2.05. The summed E-state index contributed by atoms with van der Waals surface area (Å²) < 4.78 is 0. The molecule has 0 unspecified atom stereocenters. The van der Waals surface area contributed by atoms with E-state index in [9.17, 15) is 4.79 Å². The molecule has 0 bridgehead atoms. The molecule has 4 heteroatoms. The second kappa shape index (κ2) is 8.33. The van der Waals surface area contributed by atoms with Crippen molar-refractivity contribution in [2.45, 2.75) is 47.5 Å². The summed E-state index contributed by atoms with van der Waals surface area (Å²) in [5, 5.41) is 9.14. The third-order valence-corrected chi connectivity index (χ3v) is 3.91. The number of allylic oxidation sites excluding steroid dienone is 1. The molecular weight excluding hydrogens is 274 g/mol. The number of rotatable bonds is 5. The molecule has 1 aliphatic heterocycles. The van der Waals surface area contributed by atoms with Crippen molar-refractivity contribution in [2.24, 2.45) is 11.3 Å². The maximum absolute atomic E-state index is 12.3. The average Bonchev–Trinajstić information content (AvgIpc) is 2.43. The van der Waals surface area contributed by atoms with Gasteiger partial charge in [-0.15, -0.1) is 0 Å². The fourth-order valence-electron chi connectivity index (χ4n) is 2.67. The summed E-state index contributed by atoms with van der Waals surface area (Å²) in [5.74, 6) is 0.114. The quantitative estimate of drug-likeness (QED) is 0.579. The van der Waals surface area contributed by atoms with Crippen LogP contribution in [0.4, 0.5) is 0 Å². The highest BCUT2D eigenvalue weighted by Crippen LogP contribution is 2.21. The number of amides is 1. The van der Waals surface area contributed by atoms with Crippen LogP contribution in [0.3, 0.4) is 0 Å². The molecule has 0 N–H and O–H groups in total. The van der Waals surface area contributed by atoms with Gasteiger partial charge in [0.2, 0.25) is 0 Å². The maximum atomic E-state index is 12.3. The molecule has 1 aliphatic rings. The Morgan fingerprint density at radius 2 is 1.82 bits per heavy atom. The third-order valence-electron chi connectivity index (χ3n) is 3.91. The molecule has 0 aromatic rings. The van der Waals surface area contributed by atoms with Gasteiger partial charge >= 0.3 is 0 Å². The lowest BCUT2D eigenvalue weighted by Crippen LogP contribution is -2.49. The van der Waals surface area contributed by atoms with Crippen molar-refractivity contribution in [2.75, 3.05) is 32.7 Å². The first-order valence-electron chi connectivity index (χ1n) is 8.36. The molecule has 0 radical (unpaired) electrons. The Labute approximate surface area is 135 Å². The number of carbonyl (C=O) groups excluding carboxylic acids is 1. The van der Waals surface area contributed by atoms with E-state index in [-0.39, 0.29) is 17.4 Å². The fourth-order valence-corrected chi connectivity index (χ4v) is 2.67. The van der Waals surface area contributed by atoms with Gasteiger partial charge < -0.3 is 4.90 Å². The van der Waals surface area contributed by atoms with Crippen molar-refractivity contribution in [1.82, 2.24) is 9.80 Å². The zero-order chi connectivity index (χ0) is 16.8. The predicted octanol–water partition coefficient (Wildman–Crippen LogP) is 3.06. The standard InChI is InChI=1S/C18H31N3O/c1-15(2)13-16(14-19)17(22)21-11-9-20(10-12-21)8-6-7-18(3,4)5/h13,15H,6-12H2,1-5H3. The number of piperazine rings is 1. The molecule has 1 saturated heterocycles. The normalized spacial score (nSPS) is 17.7. The maximum Gasteiger partial charge on any atom is 0.264 e. The van der Waals surface area contributed by atoms with Crippen molar-refractivity contribution in [3.8, 4) is 6.07 Å². The first-order valence-corrected chi connectivity index (χ1v) is 8.36. The van der Waals surface area contributed by atoms with E-state index < -0.39 is 0 Å². The predicted molar refractivity (Wildman–Crippen MR) is 90.2 cm³/mol. The number of hydrogen-bond acceptors (Lipinski definition) is 3. The first kappa shape index (κ1) is 18.7. The van der Waals surface area contributed by atoms with Gasteiger partial charge in [0.05, 0.1) is 0 Å². The molecule has 4 nitrogen and oxygen atoms in total. The Balaban J connectivity index is 2.42. The molecule has 124 valence electrons. The Bertz CT molecular complexity index is 432. The van der Waals surface area contributed by atoms with E-state index in [4.69, 9.17) is 5.26 Å². The molecule has 0 atom stereocenters. The van der Waals surface area contributed by atoms with E-state index in [0.717, 1.165) is 32.7 Å². The van der Waals surface area contributed by atoms with Crippen LogP contribution in [0.5, 0.6) is 0 Å². The lowest BCUT2D eigenvalue weighted by molar-refractivity contribution is -0.128. The summed E-state index contributed by atoms with van der Waals surface area (Å²) in [6.45, 7) is 15.2. The topological polar surface area (TPSA) is 47.3 Å². The van der Waals surface area contributed by atoms with Gasteiger partial charge in [0.15, 0.2) is 0 Å². The number of carbonyl (C=O) groups is 1. The van der Waals surface area contributed by atoms with Crippen LogP contribution < -0.4 is 0 Å². The van der Waals surface area contributed by atoms with Gasteiger partial charge in [-0.1, -0.05) is 40.7 Å². The summed E-state index contributed by atoms with van der Waals surface area (Å²) in [5.41, 5.74) is 0.678. The molecule has 1 rings (SSSR count). The molecule has 1 heterocycles. The van der Waals surface area contributed by atoms with Crippen LogP contribution in [0, 0.1) is 22.7 Å². The molecule has 0 aromatic carbocycles. The van der Waals surface area contributed by atoms with Gasteiger partial charge in [0.25, 0.3) is 5.91 Å². The highest BCUT2D eigenvalue weighted by Gasteiger charge is 2.23. The summed E-state index contributed by atoms with van der Waals surface area (Å²) in [4.78, 5) is 16.6. The van der Waals surface area contributed by atoms with Crippen LogP contribution in [-0.4, -0.2) is 48.4 Å². The summed E-state index contributed by atoms with van der Waals surface area (Å²) in [6.07, 6.45) is 4.19. The molecule has 0 saturated carbocycles. The van der Waals surface area contributed by atoms with Gasteiger partial charge in [-0.3, -0.25) is 9.69 Å². The third kappa shape index (κ3) is 6.62. The molecule has 0 spiro atoms. The van der Waals surface area contributed by atoms with Crippen molar-refractivity contribution >= 4 is 5.91 Å². The second-order valence-electron chi connectivity index (χ2n) is 7.73. The fraction of sp³-hybridized carbons (Fsp3) is 0.778. The van der Waals surface area contributed by atoms with Crippen LogP contribution in [0.2, 0.25) is 0 Å². The van der Waals surface area contributed by atoms with Crippen LogP contribution in [-0.2, 0) is 4.79 Å². The first-order chi connectivity index (χ1) is 10.2. The minimum Gasteiger partial charge on any atom is -0.335 e.